The zero-order valence-electron chi connectivity index (χ0n) is 5.01. The number of nitrogens with zero attached hydrogens (tertiary/aromatic N) is 2. The fourth-order valence-corrected chi connectivity index (χ4v) is 1.07. The molecule has 2 nitrogen and oxygen atoms in total. The molecular formula is C5HF3N2S. The Labute approximate surface area is 63.9 Å². The van der Waals surface area contributed by atoms with E-state index in [1.807, 2.05) is 0 Å². The van der Waals surface area contributed by atoms with Crippen molar-refractivity contribution >= 4 is 11.3 Å². The first-order chi connectivity index (χ1) is 5.04. The van der Waals surface area contributed by atoms with Gasteiger partial charge in [-0.15, -0.1) is 11.3 Å². The molecule has 0 bridgehead atoms. The number of halogens is 3. The molecule has 6 heteroatoms. The van der Waals surface area contributed by atoms with E-state index in [0.29, 0.717) is 11.3 Å². The van der Waals surface area contributed by atoms with Gasteiger partial charge < -0.3 is 0 Å². The van der Waals surface area contributed by atoms with Gasteiger partial charge in [-0.2, -0.15) is 18.4 Å². The molecule has 1 heterocycles. The van der Waals surface area contributed by atoms with Crippen LogP contribution in [0.15, 0.2) is 5.38 Å². The summed E-state index contributed by atoms with van der Waals surface area (Å²) in [6.45, 7) is 0. The van der Waals surface area contributed by atoms with Gasteiger partial charge in [0.05, 0.1) is 0 Å². The molecule has 0 aliphatic heterocycles. The minimum Gasteiger partial charge on any atom is -0.221 e. The normalized spacial score (nSPS) is 11.1. The highest BCUT2D eigenvalue weighted by Crippen LogP contribution is 2.29. The van der Waals surface area contributed by atoms with Crippen LogP contribution in [0.3, 0.4) is 0 Å². The van der Waals surface area contributed by atoms with E-state index in [4.69, 9.17) is 5.26 Å². The quantitative estimate of drug-likeness (QED) is 0.609. The van der Waals surface area contributed by atoms with Crippen molar-refractivity contribution in [1.82, 2.24) is 4.98 Å². The van der Waals surface area contributed by atoms with Crippen LogP contribution in [0, 0.1) is 11.3 Å². The number of hydrogen-bond donors (Lipinski definition) is 0. The van der Waals surface area contributed by atoms with Gasteiger partial charge in [-0.05, 0) is 0 Å². The highest BCUT2D eigenvalue weighted by atomic mass is 32.1. The van der Waals surface area contributed by atoms with E-state index in [1.54, 1.807) is 0 Å². The number of hydrogen-bond acceptors (Lipinski definition) is 3. The monoisotopic (exact) mass is 178 g/mol. The average Bonchev–Trinajstić information content (AvgIpc) is 2.32. The minimum absolute atomic E-state index is 0.169. The Kier molecular flexibility index (Phi) is 1.83. The van der Waals surface area contributed by atoms with Crippen molar-refractivity contribution in [2.24, 2.45) is 0 Å². The molecule has 0 fully saturated rings. The predicted molar refractivity (Wildman–Crippen MR) is 31.8 cm³/mol. The molecule has 0 spiro atoms. The van der Waals surface area contributed by atoms with Crippen LogP contribution in [0.1, 0.15) is 10.7 Å². The highest BCUT2D eigenvalue weighted by molar-refractivity contribution is 7.10. The molecular weight excluding hydrogens is 177 g/mol. The van der Waals surface area contributed by atoms with Gasteiger partial charge in [0.2, 0.25) is 0 Å². The second-order valence-corrected chi connectivity index (χ2v) is 2.51. The van der Waals surface area contributed by atoms with Crippen molar-refractivity contribution in [2.75, 3.05) is 0 Å². The van der Waals surface area contributed by atoms with Crippen LogP contribution in [0.25, 0.3) is 0 Å². The van der Waals surface area contributed by atoms with Crippen LogP contribution in [-0.2, 0) is 6.18 Å². The van der Waals surface area contributed by atoms with Crippen LogP contribution in [0.4, 0.5) is 13.2 Å². The molecule has 0 saturated heterocycles. The van der Waals surface area contributed by atoms with E-state index < -0.39 is 11.9 Å². The van der Waals surface area contributed by atoms with Crippen LogP contribution in [0.5, 0.6) is 0 Å². The summed E-state index contributed by atoms with van der Waals surface area (Å²) in [6, 6.07) is 1.53. The Morgan fingerprint density at radius 1 is 1.55 bits per heavy atom. The third-order valence-electron chi connectivity index (χ3n) is 0.890. The van der Waals surface area contributed by atoms with Gasteiger partial charge >= 0.3 is 6.18 Å². The van der Waals surface area contributed by atoms with Gasteiger partial charge in [0.1, 0.15) is 6.07 Å². The summed E-state index contributed by atoms with van der Waals surface area (Å²) in [6.07, 6.45) is -4.44. The molecule has 58 valence electrons. The zero-order valence-corrected chi connectivity index (χ0v) is 5.83. The number of rotatable bonds is 0. The Balaban J connectivity index is 3.01. The Morgan fingerprint density at radius 2 is 2.18 bits per heavy atom. The standard InChI is InChI=1S/C5HF3N2S/c6-5(7,8)3-2-11-4(1-9)10-3/h2H. The summed E-state index contributed by atoms with van der Waals surface area (Å²) in [5.74, 6) is 0. The predicted octanol–water partition coefficient (Wildman–Crippen LogP) is 2.03. The Bertz CT molecular complexity index is 295. The van der Waals surface area contributed by atoms with E-state index >= 15 is 0 Å². The second kappa shape index (κ2) is 2.51. The molecule has 0 aromatic carbocycles. The smallest absolute Gasteiger partial charge is 0.221 e. The van der Waals surface area contributed by atoms with Crippen molar-refractivity contribution in [3.8, 4) is 6.07 Å². The van der Waals surface area contributed by atoms with Gasteiger partial charge in [-0.1, -0.05) is 0 Å². The van der Waals surface area contributed by atoms with Crippen molar-refractivity contribution < 1.29 is 13.2 Å². The molecule has 0 saturated carbocycles. The summed E-state index contributed by atoms with van der Waals surface area (Å²) in [4.78, 5) is 3.03. The SMILES string of the molecule is N#Cc1nc(C(F)(F)F)cs1. The lowest BCUT2D eigenvalue weighted by Crippen LogP contribution is -2.04. The average molecular weight is 178 g/mol. The van der Waals surface area contributed by atoms with Gasteiger partial charge in [-0.25, -0.2) is 4.98 Å². The first-order valence-corrected chi connectivity index (χ1v) is 3.35. The molecule has 0 N–H and O–H groups in total. The molecule has 0 aliphatic rings. The van der Waals surface area contributed by atoms with Crippen LogP contribution in [0.2, 0.25) is 0 Å². The van der Waals surface area contributed by atoms with E-state index in [9.17, 15) is 13.2 Å². The summed E-state index contributed by atoms with van der Waals surface area (Å²) in [5, 5.41) is 8.80. The molecule has 1 aromatic heterocycles. The van der Waals surface area contributed by atoms with Crippen molar-refractivity contribution in [1.29, 1.82) is 5.26 Å². The van der Waals surface area contributed by atoms with Gasteiger partial charge in [-0.3, -0.25) is 0 Å². The van der Waals surface area contributed by atoms with E-state index in [0.717, 1.165) is 5.38 Å². The summed E-state index contributed by atoms with van der Waals surface area (Å²) in [7, 11) is 0. The van der Waals surface area contributed by atoms with Crippen molar-refractivity contribution in [3.05, 3.63) is 16.1 Å². The highest BCUT2D eigenvalue weighted by Gasteiger charge is 2.33. The summed E-state index contributed by atoms with van der Waals surface area (Å²) < 4.78 is 35.3. The van der Waals surface area contributed by atoms with Crippen LogP contribution < -0.4 is 0 Å². The third kappa shape index (κ3) is 1.68. The van der Waals surface area contributed by atoms with E-state index in [1.165, 1.54) is 6.07 Å². The molecule has 0 atom stereocenters. The molecule has 0 aliphatic carbocycles. The van der Waals surface area contributed by atoms with Crippen LogP contribution in [-0.4, -0.2) is 4.98 Å². The van der Waals surface area contributed by atoms with Crippen molar-refractivity contribution in [2.45, 2.75) is 6.18 Å². The fraction of sp³-hybridized carbons (Fsp3) is 0.200. The first-order valence-electron chi connectivity index (χ1n) is 2.47. The van der Waals surface area contributed by atoms with Crippen molar-refractivity contribution in [3.63, 3.8) is 0 Å². The molecule has 0 unspecified atom stereocenters. The molecule has 1 rings (SSSR count). The number of thiazole rings is 1. The Hall–Kier alpha value is -1.09. The Morgan fingerprint density at radius 3 is 2.45 bits per heavy atom. The molecule has 1 aromatic rings. The zero-order chi connectivity index (χ0) is 8.48. The largest absolute Gasteiger partial charge is 0.434 e. The number of aromatic nitrogens is 1. The maximum absolute atomic E-state index is 11.8. The molecule has 0 amide bonds. The van der Waals surface area contributed by atoms with E-state index in [-0.39, 0.29) is 5.01 Å². The molecule has 0 radical (unpaired) electrons. The topological polar surface area (TPSA) is 36.7 Å². The van der Waals surface area contributed by atoms with Gasteiger partial charge in [0, 0.05) is 5.38 Å². The summed E-state index contributed by atoms with van der Waals surface area (Å²) >= 11 is 0.684. The third-order valence-corrected chi connectivity index (χ3v) is 1.64. The maximum atomic E-state index is 11.8. The number of nitriles is 1. The second-order valence-electron chi connectivity index (χ2n) is 1.65. The fourth-order valence-electron chi connectivity index (χ4n) is 0.455. The van der Waals surface area contributed by atoms with Gasteiger partial charge in [0.25, 0.3) is 0 Å². The number of alkyl halides is 3. The maximum Gasteiger partial charge on any atom is 0.434 e. The first kappa shape index (κ1) is 8.01. The van der Waals surface area contributed by atoms with Gasteiger partial charge in [0.15, 0.2) is 10.7 Å². The minimum atomic E-state index is -4.44. The lowest BCUT2D eigenvalue weighted by molar-refractivity contribution is -0.140. The molecule has 11 heavy (non-hydrogen) atoms. The lowest BCUT2D eigenvalue weighted by Gasteiger charge is -1.98. The van der Waals surface area contributed by atoms with E-state index in [2.05, 4.69) is 4.98 Å². The lowest BCUT2D eigenvalue weighted by atomic mass is 10.5. The van der Waals surface area contributed by atoms with Crippen LogP contribution >= 0.6 is 11.3 Å². The summed E-state index contributed by atoms with van der Waals surface area (Å²) in [5.41, 5.74) is -1.00.